The highest BCUT2D eigenvalue weighted by molar-refractivity contribution is 7.47. The Balaban J connectivity index is 3.87. The van der Waals surface area contributed by atoms with Gasteiger partial charge in [-0.25, -0.2) is 4.57 Å². The first-order valence-electron chi connectivity index (χ1n) is 33.1. The summed E-state index contributed by atoms with van der Waals surface area (Å²) in [6.07, 6.45) is 85.2. The molecular weight excluding hydrogens is 1000 g/mol. The van der Waals surface area contributed by atoms with Crippen LogP contribution in [0.15, 0.2) is 85.1 Å². The van der Waals surface area contributed by atoms with Crippen LogP contribution in [0.3, 0.4) is 0 Å². The number of carbonyl (C=O) groups is 2. The Kier molecular flexibility index (Phi) is 62.1. The summed E-state index contributed by atoms with van der Waals surface area (Å²) in [5.41, 5.74) is 5.40. The standard InChI is InChI=1S/C69H124NO8P/c1-3-5-7-9-11-13-15-17-19-21-23-25-27-28-29-30-31-32-33-34-35-36-37-38-40-42-44-46-48-50-52-54-56-58-60-62-69(72)78-67(66-77-79(73,74)76-64-63-70)65-75-68(71)61-59-57-55-53-51-49-47-45-43-41-39-26-24-22-20-18-16-14-12-10-8-6-4-2/h5,7,11,13,16-19,22-25,28-29,67H,3-4,6,8-10,12,14-15,20-21,26-27,30-66,70H2,1-2H3,(H,73,74)/b7-5-,13-11-,18-16-,19-17-,24-22-,25-23-,29-28-. The average Bonchev–Trinajstić information content (AvgIpc) is 3.44. The van der Waals surface area contributed by atoms with E-state index in [9.17, 15) is 19.0 Å². The number of phosphoric ester groups is 1. The summed E-state index contributed by atoms with van der Waals surface area (Å²) < 4.78 is 33.1. The van der Waals surface area contributed by atoms with Crippen LogP contribution in [0.1, 0.15) is 309 Å². The van der Waals surface area contributed by atoms with Gasteiger partial charge in [0, 0.05) is 19.4 Å². The molecule has 0 saturated carbocycles. The van der Waals surface area contributed by atoms with Crippen molar-refractivity contribution in [3.8, 4) is 0 Å². The molecule has 0 aromatic heterocycles. The zero-order valence-electron chi connectivity index (χ0n) is 51.3. The summed E-state index contributed by atoms with van der Waals surface area (Å²) in [6.45, 7) is 3.66. The highest BCUT2D eigenvalue weighted by Crippen LogP contribution is 2.43. The molecule has 0 aromatic rings. The molecule has 79 heavy (non-hydrogen) atoms. The van der Waals surface area contributed by atoms with E-state index in [1.165, 1.54) is 199 Å². The largest absolute Gasteiger partial charge is 0.472 e. The lowest BCUT2D eigenvalue weighted by molar-refractivity contribution is -0.161. The Bertz CT molecular complexity index is 1570. The Morgan fingerprint density at radius 2 is 0.696 bits per heavy atom. The van der Waals surface area contributed by atoms with Crippen molar-refractivity contribution < 1.29 is 37.6 Å². The summed E-state index contributed by atoms with van der Waals surface area (Å²) in [5.74, 6) is -0.819. The normalized spacial score (nSPS) is 13.5. The second-order valence-electron chi connectivity index (χ2n) is 22.0. The zero-order chi connectivity index (χ0) is 57.3. The number of hydrogen-bond donors (Lipinski definition) is 2. The number of rotatable bonds is 62. The molecule has 0 saturated heterocycles. The molecule has 10 heteroatoms. The molecule has 0 aromatic carbocycles. The van der Waals surface area contributed by atoms with Gasteiger partial charge in [-0.1, -0.05) is 292 Å². The molecule has 0 amide bonds. The molecule has 2 unspecified atom stereocenters. The summed E-state index contributed by atoms with van der Waals surface area (Å²) in [4.78, 5) is 35.3. The van der Waals surface area contributed by atoms with Crippen molar-refractivity contribution in [2.45, 2.75) is 315 Å². The van der Waals surface area contributed by atoms with Gasteiger partial charge in [-0.15, -0.1) is 0 Å². The van der Waals surface area contributed by atoms with Gasteiger partial charge in [0.05, 0.1) is 13.2 Å². The summed E-state index contributed by atoms with van der Waals surface area (Å²) in [7, 11) is -4.39. The van der Waals surface area contributed by atoms with Gasteiger partial charge in [0.25, 0.3) is 0 Å². The smallest absolute Gasteiger partial charge is 0.462 e. The van der Waals surface area contributed by atoms with Crippen LogP contribution in [0.4, 0.5) is 0 Å². The van der Waals surface area contributed by atoms with E-state index < -0.39 is 26.5 Å². The van der Waals surface area contributed by atoms with E-state index in [0.29, 0.717) is 6.42 Å². The van der Waals surface area contributed by atoms with E-state index in [0.717, 1.165) is 77.0 Å². The number of allylic oxidation sites excluding steroid dienone is 14. The first-order chi connectivity index (χ1) is 38.8. The molecule has 458 valence electrons. The number of hydrogen-bond acceptors (Lipinski definition) is 8. The molecular formula is C69H124NO8P. The second kappa shape index (κ2) is 64.4. The molecule has 0 heterocycles. The van der Waals surface area contributed by atoms with Crippen LogP contribution in [-0.2, 0) is 32.7 Å². The minimum absolute atomic E-state index is 0.0521. The van der Waals surface area contributed by atoms with Crippen LogP contribution in [-0.4, -0.2) is 49.3 Å². The fraction of sp³-hybridized carbons (Fsp3) is 0.768. The Hall–Kier alpha value is -2.81. The highest BCUT2D eigenvalue weighted by Gasteiger charge is 2.26. The molecule has 3 N–H and O–H groups in total. The van der Waals surface area contributed by atoms with E-state index >= 15 is 0 Å². The van der Waals surface area contributed by atoms with Crippen LogP contribution >= 0.6 is 7.82 Å². The third-order valence-electron chi connectivity index (χ3n) is 14.3. The third kappa shape index (κ3) is 64.2. The molecule has 2 atom stereocenters. The molecule has 0 radical (unpaired) electrons. The maximum atomic E-state index is 12.7. The lowest BCUT2D eigenvalue weighted by Crippen LogP contribution is -2.29. The number of ether oxygens (including phenoxy) is 2. The van der Waals surface area contributed by atoms with Gasteiger partial charge in [0.1, 0.15) is 6.61 Å². The van der Waals surface area contributed by atoms with Gasteiger partial charge in [0.15, 0.2) is 6.10 Å². The van der Waals surface area contributed by atoms with Gasteiger partial charge in [-0.05, 0) is 89.9 Å². The molecule has 0 rings (SSSR count). The predicted octanol–water partition coefficient (Wildman–Crippen LogP) is 21.4. The predicted molar refractivity (Wildman–Crippen MR) is 339 cm³/mol. The second-order valence-corrected chi connectivity index (χ2v) is 23.4. The van der Waals surface area contributed by atoms with Crippen molar-refractivity contribution in [2.75, 3.05) is 26.4 Å². The van der Waals surface area contributed by atoms with Gasteiger partial charge >= 0.3 is 19.8 Å². The maximum absolute atomic E-state index is 12.7. The van der Waals surface area contributed by atoms with E-state index in [2.05, 4.69) is 98.9 Å². The molecule has 9 nitrogen and oxygen atoms in total. The summed E-state index contributed by atoms with van der Waals surface area (Å²) >= 11 is 0. The molecule has 0 aliphatic heterocycles. The first-order valence-corrected chi connectivity index (χ1v) is 34.6. The average molecular weight is 1130 g/mol. The van der Waals surface area contributed by atoms with Crippen LogP contribution < -0.4 is 5.73 Å². The highest BCUT2D eigenvalue weighted by atomic mass is 31.2. The van der Waals surface area contributed by atoms with Crippen molar-refractivity contribution in [1.82, 2.24) is 0 Å². The van der Waals surface area contributed by atoms with E-state index in [1.807, 2.05) is 0 Å². The van der Waals surface area contributed by atoms with Crippen LogP contribution in [0, 0.1) is 0 Å². The van der Waals surface area contributed by atoms with E-state index in [4.69, 9.17) is 24.3 Å². The number of unbranched alkanes of at least 4 members (excludes halogenated alkanes) is 35. The topological polar surface area (TPSA) is 134 Å². The van der Waals surface area contributed by atoms with Gasteiger partial charge in [0.2, 0.25) is 0 Å². The molecule has 0 spiro atoms. The molecule has 0 fully saturated rings. The third-order valence-corrected chi connectivity index (χ3v) is 15.2. The Labute approximate surface area is 487 Å². The van der Waals surface area contributed by atoms with Gasteiger partial charge in [-0.2, -0.15) is 0 Å². The van der Waals surface area contributed by atoms with E-state index in [-0.39, 0.29) is 38.6 Å². The van der Waals surface area contributed by atoms with Crippen LogP contribution in [0.2, 0.25) is 0 Å². The van der Waals surface area contributed by atoms with Crippen LogP contribution in [0.5, 0.6) is 0 Å². The minimum Gasteiger partial charge on any atom is -0.462 e. The van der Waals surface area contributed by atoms with Crippen molar-refractivity contribution in [3.05, 3.63) is 85.1 Å². The van der Waals surface area contributed by atoms with Crippen molar-refractivity contribution >= 4 is 19.8 Å². The minimum atomic E-state index is -4.39. The van der Waals surface area contributed by atoms with Crippen molar-refractivity contribution in [3.63, 3.8) is 0 Å². The molecule has 0 bridgehead atoms. The van der Waals surface area contributed by atoms with E-state index in [1.54, 1.807) is 0 Å². The van der Waals surface area contributed by atoms with Crippen LogP contribution in [0.25, 0.3) is 0 Å². The van der Waals surface area contributed by atoms with Gasteiger partial charge < -0.3 is 20.1 Å². The summed E-state index contributed by atoms with van der Waals surface area (Å²) in [5, 5.41) is 0. The van der Waals surface area contributed by atoms with Crippen molar-refractivity contribution in [2.24, 2.45) is 5.73 Å². The fourth-order valence-electron chi connectivity index (χ4n) is 9.40. The van der Waals surface area contributed by atoms with Crippen molar-refractivity contribution in [1.29, 1.82) is 0 Å². The number of phosphoric acid groups is 1. The summed E-state index contributed by atoms with van der Waals surface area (Å²) in [6, 6.07) is 0. The maximum Gasteiger partial charge on any atom is 0.472 e. The Morgan fingerprint density at radius 1 is 0.392 bits per heavy atom. The number of carbonyl (C=O) groups excluding carboxylic acids is 2. The van der Waals surface area contributed by atoms with Gasteiger partial charge in [-0.3, -0.25) is 18.6 Å². The first kappa shape index (κ1) is 76.2. The molecule has 0 aliphatic rings. The SMILES string of the molecule is CC/C=C\C/C=C\C/C=C\C/C=C\C/C=C\CCCCCCCCCCCCCCCCCCCCCC(=O)OC(COC(=O)CCCCCCCCCCCCC/C=C\C/C=C\CCCCCCC)COP(=O)(O)OCCN. The zero-order valence-corrected chi connectivity index (χ0v) is 52.2. The molecule has 0 aliphatic carbocycles. The number of esters is 2. The monoisotopic (exact) mass is 1130 g/mol. The number of nitrogens with two attached hydrogens (primary N) is 1. The lowest BCUT2D eigenvalue weighted by atomic mass is 10.0. The Morgan fingerprint density at radius 3 is 1.04 bits per heavy atom. The lowest BCUT2D eigenvalue weighted by Gasteiger charge is -2.19. The fourth-order valence-corrected chi connectivity index (χ4v) is 10.2. The quantitative estimate of drug-likeness (QED) is 0.0264.